The van der Waals surface area contributed by atoms with Crippen LogP contribution in [0.3, 0.4) is 0 Å². The standard InChI is InChI=1S/C4H5NO3S/c1-8-2-3(6)5-9-4(2)7/h7H,1H3,(H,5,6). The molecule has 5 heteroatoms. The van der Waals surface area contributed by atoms with Crippen LogP contribution in [-0.4, -0.2) is 21.7 Å². The first-order valence-corrected chi connectivity index (χ1v) is 2.94. The fraction of sp³-hybridized carbons (Fsp3) is 0.250. The van der Waals surface area contributed by atoms with Crippen molar-refractivity contribution in [2.24, 2.45) is 0 Å². The Balaban J connectivity index is 3.07. The third-order valence-corrected chi connectivity index (χ3v) is 1.44. The summed E-state index contributed by atoms with van der Waals surface area (Å²) in [6, 6.07) is 0. The molecule has 1 rings (SSSR count). The molecule has 9 heavy (non-hydrogen) atoms. The van der Waals surface area contributed by atoms with Gasteiger partial charge >= 0.3 is 0 Å². The molecule has 4 nitrogen and oxygen atoms in total. The highest BCUT2D eigenvalue weighted by atomic mass is 32.1. The zero-order valence-electron chi connectivity index (χ0n) is 4.66. The van der Waals surface area contributed by atoms with Gasteiger partial charge in [-0.2, -0.15) is 0 Å². The molecule has 0 radical (unpaired) electrons. The zero-order valence-corrected chi connectivity index (χ0v) is 5.47. The van der Waals surface area contributed by atoms with Gasteiger partial charge in [-0.25, -0.2) is 0 Å². The zero-order chi connectivity index (χ0) is 6.85. The van der Waals surface area contributed by atoms with Gasteiger partial charge in [0.2, 0.25) is 10.8 Å². The molecule has 0 fully saturated rings. The highest BCUT2D eigenvalue weighted by molar-refractivity contribution is 7.08. The maximum Gasteiger partial charge on any atom is 0.270 e. The molecule has 1 heterocycles. The molecule has 0 saturated heterocycles. The lowest BCUT2D eigenvalue weighted by atomic mass is 10.6. The lowest BCUT2D eigenvalue weighted by molar-refractivity contribution is 0.348. The van der Waals surface area contributed by atoms with Gasteiger partial charge in [-0.3, -0.25) is 0 Å². The highest BCUT2D eigenvalue weighted by Gasteiger charge is 2.10. The average molecular weight is 147 g/mol. The molecule has 0 saturated carbocycles. The molecule has 1 aromatic rings. The van der Waals surface area contributed by atoms with Crippen molar-refractivity contribution in [3.63, 3.8) is 0 Å². The number of nitrogens with zero attached hydrogens (tertiary/aromatic N) is 1. The van der Waals surface area contributed by atoms with Crippen LogP contribution in [0.1, 0.15) is 0 Å². The molecule has 0 bridgehead atoms. The molecule has 0 spiro atoms. The van der Waals surface area contributed by atoms with E-state index in [9.17, 15) is 0 Å². The molecule has 1 aromatic heterocycles. The molecule has 0 aromatic carbocycles. The molecule has 2 N–H and O–H groups in total. The molecule has 0 amide bonds. The SMILES string of the molecule is COc1c(O)nsc1O. The van der Waals surface area contributed by atoms with E-state index >= 15 is 0 Å². The first-order chi connectivity index (χ1) is 4.25. The van der Waals surface area contributed by atoms with Crippen LogP contribution in [0.4, 0.5) is 0 Å². The van der Waals surface area contributed by atoms with Gasteiger partial charge in [-0.1, -0.05) is 0 Å². The van der Waals surface area contributed by atoms with Crippen molar-refractivity contribution in [1.29, 1.82) is 0 Å². The molecule has 50 valence electrons. The van der Waals surface area contributed by atoms with E-state index in [4.69, 9.17) is 10.2 Å². The van der Waals surface area contributed by atoms with Crippen LogP contribution in [0.5, 0.6) is 16.7 Å². The van der Waals surface area contributed by atoms with Gasteiger partial charge in [0.15, 0.2) is 0 Å². The molecule has 0 aliphatic heterocycles. The number of hydrogen-bond acceptors (Lipinski definition) is 5. The summed E-state index contributed by atoms with van der Waals surface area (Å²) in [7, 11) is 1.35. The summed E-state index contributed by atoms with van der Waals surface area (Å²) in [5.74, 6) is -0.222. The third-order valence-electron chi connectivity index (χ3n) is 0.820. The van der Waals surface area contributed by atoms with Crippen LogP contribution >= 0.6 is 11.5 Å². The monoisotopic (exact) mass is 147 g/mol. The fourth-order valence-corrected chi connectivity index (χ4v) is 0.957. The van der Waals surface area contributed by atoms with E-state index in [1.54, 1.807) is 0 Å². The van der Waals surface area contributed by atoms with Crippen molar-refractivity contribution < 1.29 is 14.9 Å². The Labute approximate surface area is 55.5 Å². The first-order valence-electron chi connectivity index (χ1n) is 2.17. The van der Waals surface area contributed by atoms with Crippen molar-refractivity contribution in [3.05, 3.63) is 0 Å². The quantitative estimate of drug-likeness (QED) is 0.609. The van der Waals surface area contributed by atoms with Crippen molar-refractivity contribution in [2.45, 2.75) is 0 Å². The van der Waals surface area contributed by atoms with E-state index in [0.29, 0.717) is 0 Å². The maximum absolute atomic E-state index is 8.80. The number of aromatic hydroxyl groups is 2. The van der Waals surface area contributed by atoms with Crippen molar-refractivity contribution in [3.8, 4) is 16.7 Å². The highest BCUT2D eigenvalue weighted by Crippen LogP contribution is 2.37. The first kappa shape index (κ1) is 6.15. The number of hydrogen-bond donors (Lipinski definition) is 2. The Morgan fingerprint density at radius 3 is 2.44 bits per heavy atom. The van der Waals surface area contributed by atoms with Crippen molar-refractivity contribution in [2.75, 3.05) is 7.11 Å². The number of rotatable bonds is 1. The summed E-state index contributed by atoms with van der Waals surface area (Å²) in [5.41, 5.74) is 0. The Morgan fingerprint density at radius 1 is 1.56 bits per heavy atom. The smallest absolute Gasteiger partial charge is 0.270 e. The second-order valence-corrected chi connectivity index (χ2v) is 2.10. The molecule has 0 aliphatic rings. The largest absolute Gasteiger partial charge is 0.496 e. The average Bonchev–Trinajstić information content (AvgIpc) is 2.12. The number of ether oxygens (including phenoxy) is 1. The van der Waals surface area contributed by atoms with Crippen molar-refractivity contribution in [1.82, 2.24) is 4.37 Å². The summed E-state index contributed by atoms with van der Waals surface area (Å²) in [6.45, 7) is 0. The number of aromatic nitrogens is 1. The van der Waals surface area contributed by atoms with E-state index in [2.05, 4.69) is 9.11 Å². The minimum absolute atomic E-state index is 0.0417. The van der Waals surface area contributed by atoms with Crippen LogP contribution in [0.2, 0.25) is 0 Å². The lowest BCUT2D eigenvalue weighted by Gasteiger charge is -1.92. The van der Waals surface area contributed by atoms with Gasteiger partial charge in [0.25, 0.3) is 5.88 Å². The number of methoxy groups -OCH3 is 1. The summed E-state index contributed by atoms with van der Waals surface area (Å²) >= 11 is 0.786. The van der Waals surface area contributed by atoms with Crippen LogP contribution in [-0.2, 0) is 0 Å². The predicted molar refractivity (Wildman–Crippen MR) is 32.0 cm³/mol. The van der Waals surface area contributed by atoms with E-state index in [1.807, 2.05) is 0 Å². The predicted octanol–water partition coefficient (Wildman–Crippen LogP) is 0.563. The van der Waals surface area contributed by atoms with Gasteiger partial charge in [0.05, 0.1) is 7.11 Å². The van der Waals surface area contributed by atoms with E-state index in [0.717, 1.165) is 11.5 Å². The molecular weight excluding hydrogens is 142 g/mol. The maximum atomic E-state index is 8.80. The Morgan fingerprint density at radius 2 is 2.22 bits per heavy atom. The normalized spacial score (nSPS) is 9.44. The summed E-state index contributed by atoms with van der Waals surface area (Å²) in [5, 5.41) is 17.4. The van der Waals surface area contributed by atoms with Gasteiger partial charge in [-0.05, 0) is 0 Å². The minimum Gasteiger partial charge on any atom is -0.496 e. The van der Waals surface area contributed by atoms with Crippen LogP contribution in [0.25, 0.3) is 0 Å². The second kappa shape index (κ2) is 2.10. The second-order valence-electron chi connectivity index (χ2n) is 1.34. The Hall–Kier alpha value is -0.970. The van der Waals surface area contributed by atoms with E-state index in [-0.39, 0.29) is 16.7 Å². The lowest BCUT2D eigenvalue weighted by Crippen LogP contribution is -1.78. The fourth-order valence-electron chi connectivity index (χ4n) is 0.444. The van der Waals surface area contributed by atoms with Crippen molar-refractivity contribution >= 4 is 11.5 Å². The van der Waals surface area contributed by atoms with Crippen LogP contribution in [0.15, 0.2) is 0 Å². The van der Waals surface area contributed by atoms with E-state index < -0.39 is 0 Å². The van der Waals surface area contributed by atoms with Crippen LogP contribution in [0, 0.1) is 0 Å². The van der Waals surface area contributed by atoms with Gasteiger partial charge < -0.3 is 14.9 Å². The summed E-state index contributed by atoms with van der Waals surface area (Å²) in [4.78, 5) is 0. The topological polar surface area (TPSA) is 62.6 Å². The third kappa shape index (κ3) is 0.904. The van der Waals surface area contributed by atoms with Gasteiger partial charge in [-0.15, -0.1) is 4.37 Å². The molecular formula is C4H5NO3S. The molecule has 0 unspecified atom stereocenters. The van der Waals surface area contributed by atoms with Gasteiger partial charge in [0, 0.05) is 11.5 Å². The van der Waals surface area contributed by atoms with Gasteiger partial charge in [0.1, 0.15) is 0 Å². The Bertz CT molecular complexity index is 190. The summed E-state index contributed by atoms with van der Waals surface area (Å²) in [6.07, 6.45) is 0. The Kier molecular flexibility index (Phi) is 1.44. The van der Waals surface area contributed by atoms with E-state index in [1.165, 1.54) is 7.11 Å². The van der Waals surface area contributed by atoms with Crippen LogP contribution < -0.4 is 4.74 Å². The minimum atomic E-state index is -0.264. The molecule has 0 aliphatic carbocycles. The molecule has 0 atom stereocenters. The summed E-state index contributed by atoms with van der Waals surface area (Å²) < 4.78 is 7.97.